The zero-order valence-electron chi connectivity index (χ0n) is 15.8. The van der Waals surface area contributed by atoms with Crippen LogP contribution in [0.3, 0.4) is 0 Å². The van der Waals surface area contributed by atoms with Crippen LogP contribution >= 0.6 is 0 Å². The lowest BCUT2D eigenvalue weighted by molar-refractivity contribution is 0.0512. The summed E-state index contributed by atoms with van der Waals surface area (Å²) in [5.74, 6) is -0.834. The highest BCUT2D eigenvalue weighted by molar-refractivity contribution is 6.00. The van der Waals surface area contributed by atoms with E-state index in [1.807, 2.05) is 31.2 Å². The van der Waals surface area contributed by atoms with Crippen molar-refractivity contribution in [2.75, 3.05) is 11.9 Å². The van der Waals surface area contributed by atoms with Crippen LogP contribution in [0.4, 0.5) is 15.9 Å². The van der Waals surface area contributed by atoms with Crippen molar-refractivity contribution < 1.29 is 18.4 Å². The second kappa shape index (κ2) is 7.67. The second-order valence-electron chi connectivity index (χ2n) is 6.33. The molecule has 0 spiro atoms. The smallest absolute Gasteiger partial charge is 0.376 e. The van der Waals surface area contributed by atoms with Gasteiger partial charge in [0.15, 0.2) is 0 Å². The van der Waals surface area contributed by atoms with E-state index in [1.54, 1.807) is 19.1 Å². The van der Waals surface area contributed by atoms with Gasteiger partial charge in [-0.05, 0) is 50.2 Å². The first-order valence-electron chi connectivity index (χ1n) is 8.99. The van der Waals surface area contributed by atoms with Crippen molar-refractivity contribution in [2.45, 2.75) is 13.8 Å². The molecule has 0 atom stereocenters. The number of nitrogens with one attached hydrogen (secondary N) is 1. The predicted molar refractivity (Wildman–Crippen MR) is 105 cm³/mol. The third-order valence-electron chi connectivity index (χ3n) is 4.23. The van der Waals surface area contributed by atoms with Gasteiger partial charge in [-0.15, -0.1) is 0 Å². The molecule has 2 aromatic carbocycles. The normalized spacial score (nSPS) is 10.9. The lowest BCUT2D eigenvalue weighted by atomic mass is 10.1. The molecule has 29 heavy (non-hydrogen) atoms. The fourth-order valence-corrected chi connectivity index (χ4v) is 2.81. The minimum absolute atomic E-state index is 0.122. The molecule has 0 fully saturated rings. The van der Waals surface area contributed by atoms with Gasteiger partial charge in [0, 0.05) is 11.3 Å². The number of hydrogen-bond donors (Lipinski definition) is 1. The van der Waals surface area contributed by atoms with Gasteiger partial charge < -0.3 is 14.6 Å². The zero-order chi connectivity index (χ0) is 20.4. The summed E-state index contributed by atoms with van der Waals surface area (Å²) in [6.07, 6.45) is 0. The molecular formula is C21H17FN4O3. The maximum atomic E-state index is 13.3. The molecule has 8 heteroatoms. The molecule has 0 bridgehead atoms. The molecule has 0 aliphatic rings. The fourth-order valence-electron chi connectivity index (χ4n) is 2.81. The maximum absolute atomic E-state index is 13.3. The molecule has 1 N–H and O–H groups in total. The minimum atomic E-state index is -0.666. The Labute approximate surface area is 165 Å². The van der Waals surface area contributed by atoms with Crippen molar-refractivity contribution in [3.63, 3.8) is 0 Å². The van der Waals surface area contributed by atoms with E-state index in [4.69, 9.17) is 9.26 Å². The van der Waals surface area contributed by atoms with Crippen LogP contribution in [0.2, 0.25) is 0 Å². The van der Waals surface area contributed by atoms with Crippen LogP contribution in [0.5, 0.6) is 0 Å². The summed E-state index contributed by atoms with van der Waals surface area (Å²) in [6.45, 7) is 3.87. The van der Waals surface area contributed by atoms with E-state index in [1.165, 1.54) is 12.1 Å². The van der Waals surface area contributed by atoms with Gasteiger partial charge in [-0.1, -0.05) is 22.9 Å². The van der Waals surface area contributed by atoms with Gasteiger partial charge in [-0.25, -0.2) is 14.2 Å². The van der Waals surface area contributed by atoms with E-state index in [-0.39, 0.29) is 24.0 Å². The van der Waals surface area contributed by atoms with Crippen LogP contribution in [-0.2, 0) is 4.74 Å². The molecular weight excluding hydrogens is 375 g/mol. The molecule has 146 valence electrons. The molecule has 2 heterocycles. The van der Waals surface area contributed by atoms with Crippen molar-refractivity contribution in [1.82, 2.24) is 15.1 Å². The number of aryl methyl sites for hydroxylation is 1. The summed E-state index contributed by atoms with van der Waals surface area (Å²) in [5, 5.41) is 7.73. The van der Waals surface area contributed by atoms with Crippen LogP contribution < -0.4 is 5.32 Å². The number of nitrogens with zero attached hydrogens (tertiary/aromatic N) is 3. The number of aromatic nitrogens is 3. The Hall–Kier alpha value is -3.81. The Morgan fingerprint density at radius 1 is 1.10 bits per heavy atom. The Morgan fingerprint density at radius 3 is 2.52 bits per heavy atom. The highest BCUT2D eigenvalue weighted by atomic mass is 19.1. The molecule has 2 aromatic heterocycles. The highest BCUT2D eigenvalue weighted by Crippen LogP contribution is 2.33. The predicted octanol–water partition coefficient (Wildman–Crippen LogP) is 4.65. The number of ether oxygens (including phenoxy) is 1. The van der Waals surface area contributed by atoms with Gasteiger partial charge in [0.25, 0.3) is 5.71 Å². The van der Waals surface area contributed by atoms with E-state index in [0.29, 0.717) is 22.5 Å². The number of halogens is 1. The van der Waals surface area contributed by atoms with E-state index < -0.39 is 5.97 Å². The summed E-state index contributed by atoms with van der Waals surface area (Å²) in [7, 11) is 0. The number of anilines is 2. The van der Waals surface area contributed by atoms with Crippen LogP contribution in [0, 0.1) is 12.7 Å². The Bertz CT molecular complexity index is 1170. The van der Waals surface area contributed by atoms with Gasteiger partial charge in [0.1, 0.15) is 22.7 Å². The van der Waals surface area contributed by atoms with E-state index in [0.717, 1.165) is 11.3 Å². The highest BCUT2D eigenvalue weighted by Gasteiger charge is 2.22. The molecule has 0 saturated heterocycles. The van der Waals surface area contributed by atoms with Gasteiger partial charge in [-0.3, -0.25) is 0 Å². The molecule has 0 saturated carbocycles. The zero-order valence-corrected chi connectivity index (χ0v) is 15.8. The van der Waals surface area contributed by atoms with Crippen LogP contribution in [0.15, 0.2) is 53.1 Å². The van der Waals surface area contributed by atoms with E-state index >= 15 is 0 Å². The molecule has 0 unspecified atom stereocenters. The van der Waals surface area contributed by atoms with Crippen LogP contribution in [0.1, 0.15) is 23.1 Å². The van der Waals surface area contributed by atoms with Crippen LogP contribution in [0.25, 0.3) is 22.4 Å². The first-order valence-corrected chi connectivity index (χ1v) is 8.99. The molecule has 4 rings (SSSR count). The van der Waals surface area contributed by atoms with E-state index in [9.17, 15) is 9.18 Å². The van der Waals surface area contributed by atoms with Gasteiger partial charge in [0.05, 0.1) is 6.61 Å². The third-order valence-corrected chi connectivity index (χ3v) is 4.23. The van der Waals surface area contributed by atoms with Crippen molar-refractivity contribution in [3.8, 4) is 11.3 Å². The van der Waals surface area contributed by atoms with Crippen LogP contribution in [-0.4, -0.2) is 27.7 Å². The third kappa shape index (κ3) is 3.77. The molecule has 7 nitrogen and oxygen atoms in total. The van der Waals surface area contributed by atoms with Crippen molar-refractivity contribution >= 4 is 28.6 Å². The van der Waals surface area contributed by atoms with Crippen molar-refractivity contribution in [3.05, 3.63) is 65.7 Å². The number of fused-ring (bicyclic) bond motifs is 1. The summed E-state index contributed by atoms with van der Waals surface area (Å²) in [6, 6.07) is 13.5. The summed E-state index contributed by atoms with van der Waals surface area (Å²) < 4.78 is 23.7. The van der Waals surface area contributed by atoms with Crippen molar-refractivity contribution in [1.29, 1.82) is 0 Å². The summed E-state index contributed by atoms with van der Waals surface area (Å²) >= 11 is 0. The van der Waals surface area contributed by atoms with Crippen molar-refractivity contribution in [2.24, 2.45) is 0 Å². The number of carbonyl (C=O) groups is 1. The topological polar surface area (TPSA) is 90.1 Å². The number of benzene rings is 2. The largest absolute Gasteiger partial charge is 0.460 e. The molecule has 0 aliphatic carbocycles. The Kier molecular flexibility index (Phi) is 4.90. The molecule has 4 aromatic rings. The quantitative estimate of drug-likeness (QED) is 0.494. The summed E-state index contributed by atoms with van der Waals surface area (Å²) in [4.78, 5) is 20.7. The number of hydrogen-bond acceptors (Lipinski definition) is 7. The lowest BCUT2D eigenvalue weighted by Crippen LogP contribution is -2.11. The molecule has 0 amide bonds. The Morgan fingerprint density at radius 2 is 1.83 bits per heavy atom. The second-order valence-corrected chi connectivity index (χ2v) is 6.33. The summed E-state index contributed by atoms with van der Waals surface area (Å²) in [5.41, 5.74) is 3.05. The van der Waals surface area contributed by atoms with Gasteiger partial charge >= 0.3 is 5.97 Å². The average molecular weight is 392 g/mol. The Balaban J connectivity index is 1.87. The minimum Gasteiger partial charge on any atom is -0.460 e. The van der Waals surface area contributed by atoms with E-state index in [2.05, 4.69) is 20.4 Å². The van der Waals surface area contributed by atoms with Gasteiger partial charge in [0.2, 0.25) is 5.82 Å². The fraction of sp³-hybridized carbons (Fsp3) is 0.143. The number of rotatable bonds is 5. The number of esters is 1. The maximum Gasteiger partial charge on any atom is 0.376 e. The number of carbonyl (C=O) groups excluding carboxylic acids is 1. The standard InChI is InChI=1S/C21H17FN4O3/c1-3-28-21(27)19-24-18(23-15-10-4-12(2)5-11-15)16-17(26-29-20(16)25-19)13-6-8-14(22)9-7-13/h4-11H,3H2,1-2H3,(H,23,24,25). The average Bonchev–Trinajstić information content (AvgIpc) is 3.15. The SMILES string of the molecule is CCOC(=O)c1nc(Nc2ccc(C)cc2)c2c(-c3ccc(F)cc3)noc2n1. The molecule has 0 aliphatic heterocycles. The molecule has 0 radical (unpaired) electrons. The lowest BCUT2D eigenvalue weighted by Gasteiger charge is -2.09. The monoisotopic (exact) mass is 392 g/mol. The first-order chi connectivity index (χ1) is 14.0. The van der Waals surface area contributed by atoms with Gasteiger partial charge in [-0.2, -0.15) is 4.98 Å². The first kappa shape index (κ1) is 18.5.